The molecule has 0 radical (unpaired) electrons. The highest BCUT2D eigenvalue weighted by Crippen LogP contribution is 2.48. The number of hydrogen-bond donors (Lipinski definition) is 4. The lowest BCUT2D eigenvalue weighted by atomic mass is 9.81. The number of ether oxygens (including phenoxy) is 1. The summed E-state index contributed by atoms with van der Waals surface area (Å²) in [6.45, 7) is 3.24. The van der Waals surface area contributed by atoms with Crippen molar-refractivity contribution in [3.63, 3.8) is 0 Å². The first-order valence-corrected chi connectivity index (χ1v) is 15.0. The number of primary amides is 1. The normalized spacial score (nSPS) is 19.2. The zero-order chi connectivity index (χ0) is 34.8. The van der Waals surface area contributed by atoms with Crippen LogP contribution in [0.25, 0.3) is 22.2 Å². The van der Waals surface area contributed by atoms with Crippen molar-refractivity contribution in [1.82, 2.24) is 15.3 Å². The van der Waals surface area contributed by atoms with E-state index >= 15 is 0 Å². The monoisotopic (exact) mass is 665 g/mol. The molecule has 4 aromatic rings. The number of nitrogens with one attached hydrogen (secondary N) is 2. The van der Waals surface area contributed by atoms with Crippen LogP contribution < -0.4 is 21.1 Å². The molecule has 2 aliphatic rings. The summed E-state index contributed by atoms with van der Waals surface area (Å²) in [5, 5.41) is 16.8. The number of halogens is 4. The number of aromatic nitrogens is 2. The number of carbonyl (C=O) groups excluding carboxylic acids is 3. The molecule has 14 heteroatoms. The predicted octanol–water partition coefficient (Wildman–Crippen LogP) is 4.80. The molecule has 0 bridgehead atoms. The Hall–Kier alpha value is -5.11. The van der Waals surface area contributed by atoms with E-state index in [-0.39, 0.29) is 46.3 Å². The van der Waals surface area contributed by atoms with Gasteiger partial charge in [0.2, 0.25) is 17.4 Å². The largest absolute Gasteiger partial charge is 0.489 e. The number of aliphatic hydroxyl groups is 1. The number of anilines is 1. The fraction of sp³-hybridized carbons (Fsp3) is 0.324. The van der Waals surface area contributed by atoms with E-state index < -0.39 is 52.5 Å². The summed E-state index contributed by atoms with van der Waals surface area (Å²) in [5.41, 5.74) is -0.134. The van der Waals surface area contributed by atoms with Crippen LogP contribution in [0.5, 0.6) is 5.75 Å². The van der Waals surface area contributed by atoms with Crippen LogP contribution in [-0.4, -0.2) is 52.1 Å². The van der Waals surface area contributed by atoms with Crippen molar-refractivity contribution in [1.29, 1.82) is 0 Å². The maximum atomic E-state index is 14.8. The molecule has 2 aromatic carbocycles. The molecule has 2 aromatic heterocycles. The van der Waals surface area contributed by atoms with E-state index in [1.807, 2.05) is 0 Å². The van der Waals surface area contributed by atoms with Crippen molar-refractivity contribution in [3.05, 3.63) is 82.9 Å². The minimum Gasteiger partial charge on any atom is -0.489 e. The Labute approximate surface area is 271 Å². The van der Waals surface area contributed by atoms with Gasteiger partial charge in [0, 0.05) is 33.7 Å². The van der Waals surface area contributed by atoms with Gasteiger partial charge in [-0.25, -0.2) is 9.37 Å². The summed E-state index contributed by atoms with van der Waals surface area (Å²) in [6.07, 6.45) is -2.45. The number of amides is 3. The van der Waals surface area contributed by atoms with E-state index in [0.717, 1.165) is 23.8 Å². The maximum absolute atomic E-state index is 14.8. The quantitative estimate of drug-likeness (QED) is 0.197. The number of alkyl halides is 3. The van der Waals surface area contributed by atoms with E-state index in [0.29, 0.717) is 23.7 Å². The van der Waals surface area contributed by atoms with Crippen molar-refractivity contribution >= 4 is 34.3 Å². The van der Waals surface area contributed by atoms with Crippen molar-refractivity contribution in [2.45, 2.75) is 50.8 Å². The first kappa shape index (κ1) is 32.8. The summed E-state index contributed by atoms with van der Waals surface area (Å²) < 4.78 is 63.9. The molecule has 3 amide bonds. The molecule has 6 rings (SSSR count). The number of rotatable bonds is 8. The number of fused-ring (bicyclic) bond motifs is 2. The molecular weight excluding hydrogens is 634 g/mol. The van der Waals surface area contributed by atoms with E-state index in [1.54, 1.807) is 26.1 Å². The molecule has 1 saturated carbocycles. The number of pyridine rings is 2. The Bertz CT molecular complexity index is 2000. The third kappa shape index (κ3) is 5.59. The highest BCUT2D eigenvalue weighted by Gasteiger charge is 2.58. The van der Waals surface area contributed by atoms with Gasteiger partial charge in [0.1, 0.15) is 29.3 Å². The molecule has 1 aliphatic heterocycles. The molecule has 0 unspecified atom stereocenters. The maximum Gasteiger partial charge on any atom is 0.424 e. The Balaban J connectivity index is 1.40. The fourth-order valence-corrected chi connectivity index (χ4v) is 5.52. The number of aryl methyl sites for hydroxylation is 1. The Kier molecular flexibility index (Phi) is 7.69. The standard InChI is InChI=1S/C34H31F4N5O5/c1-17-10-19-11-20(12-23(25(19)40-14-17)42-30(46)31(2)8-9-31)28(44)41-15-33(47,34(36,37)38)24-13-22-27(48-16-32(22,3)29(39)45)26(43-24)18-4-6-21(35)7-5-18/h4-7,10-14,47H,8-9,15-16H2,1-3H3,(H2,39,45)(H,41,44)(H,42,46)/t32-,33+/m0/s1. The lowest BCUT2D eigenvalue weighted by Crippen LogP contribution is -2.51. The van der Waals surface area contributed by atoms with Crippen LogP contribution >= 0.6 is 0 Å². The van der Waals surface area contributed by atoms with E-state index in [1.165, 1.54) is 31.2 Å². The molecule has 2 atom stereocenters. The molecule has 10 nitrogen and oxygen atoms in total. The van der Waals surface area contributed by atoms with Gasteiger partial charge < -0.3 is 26.2 Å². The fourth-order valence-electron chi connectivity index (χ4n) is 5.52. The van der Waals surface area contributed by atoms with E-state index in [2.05, 4.69) is 20.6 Å². The van der Waals surface area contributed by atoms with Gasteiger partial charge in [-0.05, 0) is 80.8 Å². The summed E-state index contributed by atoms with van der Waals surface area (Å²) >= 11 is 0. The number of nitrogens with two attached hydrogens (primary N) is 1. The van der Waals surface area contributed by atoms with Gasteiger partial charge in [0.15, 0.2) is 0 Å². The van der Waals surface area contributed by atoms with Gasteiger partial charge in [-0.15, -0.1) is 0 Å². The third-order valence-corrected chi connectivity index (χ3v) is 9.11. The zero-order valence-corrected chi connectivity index (χ0v) is 26.1. The first-order chi connectivity index (χ1) is 22.4. The average Bonchev–Trinajstić information content (AvgIpc) is 3.70. The van der Waals surface area contributed by atoms with Crippen LogP contribution in [0.15, 0.2) is 54.7 Å². The topological polar surface area (TPSA) is 157 Å². The molecule has 5 N–H and O–H groups in total. The molecule has 1 aliphatic carbocycles. The number of nitrogens with zero attached hydrogens (tertiary/aromatic N) is 2. The van der Waals surface area contributed by atoms with Gasteiger partial charge in [0.05, 0.1) is 23.4 Å². The predicted molar refractivity (Wildman–Crippen MR) is 166 cm³/mol. The van der Waals surface area contributed by atoms with Gasteiger partial charge in [-0.1, -0.05) is 6.92 Å². The van der Waals surface area contributed by atoms with Crippen LogP contribution in [0.1, 0.15) is 53.9 Å². The summed E-state index contributed by atoms with van der Waals surface area (Å²) in [7, 11) is 0. The molecule has 0 saturated heterocycles. The first-order valence-electron chi connectivity index (χ1n) is 15.0. The van der Waals surface area contributed by atoms with Gasteiger partial charge in [-0.3, -0.25) is 19.4 Å². The summed E-state index contributed by atoms with van der Waals surface area (Å²) in [6, 6.07) is 9.98. The second kappa shape index (κ2) is 11.3. The van der Waals surface area contributed by atoms with Crippen LogP contribution in [0.3, 0.4) is 0 Å². The van der Waals surface area contributed by atoms with E-state index in [4.69, 9.17) is 10.5 Å². The van der Waals surface area contributed by atoms with Crippen molar-refractivity contribution in [2.75, 3.05) is 18.5 Å². The van der Waals surface area contributed by atoms with Crippen LogP contribution in [-0.2, 0) is 20.6 Å². The van der Waals surface area contributed by atoms with Crippen LogP contribution in [0.2, 0.25) is 0 Å². The SMILES string of the molecule is Cc1cnc2c(NC(=O)C3(C)CC3)cc(C(=O)NC[C@@](O)(c3cc4c(c(-c5ccc(F)cc5)n3)OC[C@]4(C)C(N)=O)C(F)(F)F)cc2c1. The Morgan fingerprint density at radius 2 is 1.75 bits per heavy atom. The second-order valence-electron chi connectivity index (χ2n) is 12.9. The smallest absolute Gasteiger partial charge is 0.424 e. The third-order valence-electron chi connectivity index (χ3n) is 9.11. The second-order valence-corrected chi connectivity index (χ2v) is 12.9. The number of carbonyl (C=O) groups is 3. The molecule has 1 fully saturated rings. The minimum atomic E-state index is -5.40. The van der Waals surface area contributed by atoms with E-state index in [9.17, 15) is 37.1 Å². The Morgan fingerprint density at radius 1 is 1.06 bits per heavy atom. The average molecular weight is 666 g/mol. The summed E-state index contributed by atoms with van der Waals surface area (Å²) in [4.78, 5) is 47.3. The van der Waals surface area contributed by atoms with Crippen LogP contribution in [0.4, 0.5) is 23.2 Å². The lowest BCUT2D eigenvalue weighted by molar-refractivity contribution is -0.265. The highest BCUT2D eigenvalue weighted by molar-refractivity contribution is 6.07. The molecule has 48 heavy (non-hydrogen) atoms. The van der Waals surface area contributed by atoms with Gasteiger partial charge in [0.25, 0.3) is 5.91 Å². The molecule has 0 spiro atoms. The molecular formula is C34H31F4N5O5. The Morgan fingerprint density at radius 3 is 2.38 bits per heavy atom. The summed E-state index contributed by atoms with van der Waals surface area (Å²) in [5.74, 6) is -2.82. The molecule has 3 heterocycles. The number of hydrogen-bond acceptors (Lipinski definition) is 7. The van der Waals surface area contributed by atoms with Crippen molar-refractivity contribution in [3.8, 4) is 17.0 Å². The van der Waals surface area contributed by atoms with Crippen LogP contribution in [0, 0.1) is 18.2 Å². The van der Waals surface area contributed by atoms with Crippen molar-refractivity contribution in [2.24, 2.45) is 11.1 Å². The minimum absolute atomic E-state index is 0.0464. The molecule has 250 valence electrons. The van der Waals surface area contributed by atoms with Gasteiger partial charge >= 0.3 is 6.18 Å². The lowest BCUT2D eigenvalue weighted by Gasteiger charge is -2.31. The zero-order valence-electron chi connectivity index (χ0n) is 26.1. The number of benzene rings is 2. The van der Waals surface area contributed by atoms with Gasteiger partial charge in [-0.2, -0.15) is 13.2 Å². The van der Waals surface area contributed by atoms with Crippen molar-refractivity contribution < 1.29 is 41.8 Å². The highest BCUT2D eigenvalue weighted by atomic mass is 19.4.